The molecular weight excluding hydrogens is 310 g/mol. The lowest BCUT2D eigenvalue weighted by Gasteiger charge is -2.24. The maximum absolute atomic E-state index is 3.71. The maximum Gasteiger partial charge on any atom is 0.0207 e. The van der Waals surface area contributed by atoms with Crippen molar-refractivity contribution in [1.29, 1.82) is 0 Å². The van der Waals surface area contributed by atoms with Crippen molar-refractivity contribution in [2.75, 3.05) is 6.54 Å². The summed E-state index contributed by atoms with van der Waals surface area (Å²) < 4.78 is 1.25. The average molecular weight is 338 g/mol. The van der Waals surface area contributed by atoms with Crippen molar-refractivity contribution in [2.24, 2.45) is 5.92 Å². The lowest BCUT2D eigenvalue weighted by Crippen LogP contribution is -2.33. The van der Waals surface area contributed by atoms with Crippen LogP contribution < -0.4 is 5.32 Å². The summed E-state index contributed by atoms with van der Waals surface area (Å²) in [6, 6.07) is 9.28. The molecule has 1 aliphatic rings. The molecular formula is C18H28BrN. The fraction of sp³-hybridized carbons (Fsp3) is 0.667. The molecule has 112 valence electrons. The SMILES string of the molecule is CCNC(Cc1ccccc1Br)CC1CCCCCC1. The minimum Gasteiger partial charge on any atom is -0.314 e. The van der Waals surface area contributed by atoms with Gasteiger partial charge >= 0.3 is 0 Å². The third kappa shape index (κ3) is 5.21. The first-order chi connectivity index (χ1) is 9.79. The van der Waals surface area contributed by atoms with E-state index >= 15 is 0 Å². The van der Waals surface area contributed by atoms with E-state index in [1.807, 2.05) is 0 Å². The van der Waals surface area contributed by atoms with Crippen LogP contribution >= 0.6 is 15.9 Å². The molecule has 0 saturated heterocycles. The molecule has 1 atom stereocenters. The molecule has 1 aromatic rings. The van der Waals surface area contributed by atoms with E-state index in [0.717, 1.165) is 18.9 Å². The minimum absolute atomic E-state index is 0.627. The van der Waals surface area contributed by atoms with Crippen LogP contribution in [0.25, 0.3) is 0 Å². The minimum atomic E-state index is 0.627. The van der Waals surface area contributed by atoms with Gasteiger partial charge in [0.15, 0.2) is 0 Å². The molecule has 0 amide bonds. The Morgan fingerprint density at radius 3 is 2.50 bits per heavy atom. The van der Waals surface area contributed by atoms with E-state index in [2.05, 4.69) is 52.4 Å². The van der Waals surface area contributed by atoms with Crippen molar-refractivity contribution >= 4 is 15.9 Å². The fourth-order valence-corrected chi connectivity index (χ4v) is 3.91. The quantitative estimate of drug-likeness (QED) is 0.691. The van der Waals surface area contributed by atoms with E-state index in [1.54, 1.807) is 0 Å². The van der Waals surface area contributed by atoms with Gasteiger partial charge in [-0.2, -0.15) is 0 Å². The molecule has 1 N–H and O–H groups in total. The summed E-state index contributed by atoms with van der Waals surface area (Å²) in [6.45, 7) is 3.29. The highest BCUT2D eigenvalue weighted by molar-refractivity contribution is 9.10. The molecule has 1 saturated carbocycles. The summed E-state index contributed by atoms with van der Waals surface area (Å²) in [5, 5.41) is 3.71. The molecule has 1 nitrogen and oxygen atoms in total. The lowest BCUT2D eigenvalue weighted by atomic mass is 9.90. The van der Waals surface area contributed by atoms with Gasteiger partial charge in [0.05, 0.1) is 0 Å². The first-order valence-electron chi connectivity index (χ1n) is 8.26. The normalized spacial score (nSPS) is 18.7. The first-order valence-corrected chi connectivity index (χ1v) is 9.05. The van der Waals surface area contributed by atoms with Crippen molar-refractivity contribution in [3.63, 3.8) is 0 Å². The predicted octanol–water partition coefficient (Wildman–Crippen LogP) is 5.33. The molecule has 0 heterocycles. The van der Waals surface area contributed by atoms with Crippen LogP contribution in [-0.4, -0.2) is 12.6 Å². The smallest absolute Gasteiger partial charge is 0.0207 e. The number of likely N-dealkylation sites (N-methyl/N-ethyl adjacent to an activating group) is 1. The third-order valence-corrected chi connectivity index (χ3v) is 5.28. The Morgan fingerprint density at radius 2 is 1.85 bits per heavy atom. The Hall–Kier alpha value is -0.340. The van der Waals surface area contributed by atoms with Gasteiger partial charge < -0.3 is 5.32 Å². The number of halogens is 1. The molecule has 20 heavy (non-hydrogen) atoms. The Kier molecular flexibility index (Phi) is 7.09. The van der Waals surface area contributed by atoms with Crippen LogP contribution in [0.3, 0.4) is 0 Å². The van der Waals surface area contributed by atoms with Gasteiger partial charge in [0.1, 0.15) is 0 Å². The van der Waals surface area contributed by atoms with Crippen LogP contribution in [0.4, 0.5) is 0 Å². The summed E-state index contributed by atoms with van der Waals surface area (Å²) in [4.78, 5) is 0. The monoisotopic (exact) mass is 337 g/mol. The summed E-state index contributed by atoms with van der Waals surface area (Å²) in [6.07, 6.45) is 11.2. The van der Waals surface area contributed by atoms with Gasteiger partial charge in [0.25, 0.3) is 0 Å². The number of hydrogen-bond donors (Lipinski definition) is 1. The van der Waals surface area contributed by atoms with Crippen LogP contribution in [-0.2, 0) is 6.42 Å². The summed E-state index contributed by atoms with van der Waals surface area (Å²) in [7, 11) is 0. The summed E-state index contributed by atoms with van der Waals surface area (Å²) in [5.41, 5.74) is 1.44. The van der Waals surface area contributed by atoms with E-state index in [0.29, 0.717) is 6.04 Å². The summed E-state index contributed by atoms with van der Waals surface area (Å²) >= 11 is 3.69. The van der Waals surface area contributed by atoms with Gasteiger partial charge in [0.2, 0.25) is 0 Å². The topological polar surface area (TPSA) is 12.0 Å². The van der Waals surface area contributed by atoms with E-state index in [9.17, 15) is 0 Å². The zero-order valence-electron chi connectivity index (χ0n) is 12.7. The van der Waals surface area contributed by atoms with Gasteiger partial charge in [-0.1, -0.05) is 79.6 Å². The van der Waals surface area contributed by atoms with E-state index in [-0.39, 0.29) is 0 Å². The molecule has 1 aliphatic carbocycles. The highest BCUT2D eigenvalue weighted by Gasteiger charge is 2.18. The molecule has 0 spiro atoms. The van der Waals surface area contributed by atoms with Gasteiger partial charge in [-0.15, -0.1) is 0 Å². The van der Waals surface area contributed by atoms with Gasteiger partial charge in [0, 0.05) is 10.5 Å². The zero-order valence-corrected chi connectivity index (χ0v) is 14.3. The molecule has 1 unspecified atom stereocenters. The Bertz CT molecular complexity index is 383. The fourth-order valence-electron chi connectivity index (χ4n) is 3.46. The highest BCUT2D eigenvalue weighted by Crippen LogP contribution is 2.28. The Labute approximate surface area is 132 Å². The van der Waals surface area contributed by atoms with Crippen LogP contribution in [0.1, 0.15) is 57.4 Å². The molecule has 0 radical (unpaired) electrons. The van der Waals surface area contributed by atoms with Crippen molar-refractivity contribution in [1.82, 2.24) is 5.32 Å². The van der Waals surface area contributed by atoms with Gasteiger partial charge in [-0.25, -0.2) is 0 Å². The van der Waals surface area contributed by atoms with Crippen molar-refractivity contribution in [2.45, 2.75) is 64.3 Å². The van der Waals surface area contributed by atoms with Gasteiger partial charge in [-0.3, -0.25) is 0 Å². The Morgan fingerprint density at radius 1 is 1.15 bits per heavy atom. The van der Waals surface area contributed by atoms with Crippen molar-refractivity contribution in [3.8, 4) is 0 Å². The number of benzene rings is 1. The molecule has 1 fully saturated rings. The van der Waals surface area contributed by atoms with Crippen LogP contribution in [0, 0.1) is 5.92 Å². The van der Waals surface area contributed by atoms with Gasteiger partial charge in [-0.05, 0) is 36.9 Å². The second-order valence-electron chi connectivity index (χ2n) is 6.14. The van der Waals surface area contributed by atoms with E-state index in [1.165, 1.54) is 55.0 Å². The highest BCUT2D eigenvalue weighted by atomic mass is 79.9. The number of nitrogens with one attached hydrogen (secondary N) is 1. The van der Waals surface area contributed by atoms with E-state index in [4.69, 9.17) is 0 Å². The summed E-state index contributed by atoms with van der Waals surface area (Å²) in [5.74, 6) is 0.934. The molecule has 0 bridgehead atoms. The number of rotatable bonds is 6. The molecule has 1 aromatic carbocycles. The Balaban J connectivity index is 1.94. The zero-order chi connectivity index (χ0) is 14.2. The molecule has 2 rings (SSSR count). The molecule has 0 aliphatic heterocycles. The third-order valence-electron chi connectivity index (χ3n) is 4.51. The average Bonchev–Trinajstić information content (AvgIpc) is 2.70. The van der Waals surface area contributed by atoms with Crippen molar-refractivity contribution < 1.29 is 0 Å². The number of hydrogen-bond acceptors (Lipinski definition) is 1. The second kappa shape index (κ2) is 8.84. The van der Waals surface area contributed by atoms with Crippen LogP contribution in [0.15, 0.2) is 28.7 Å². The molecule has 0 aromatic heterocycles. The predicted molar refractivity (Wildman–Crippen MR) is 91.1 cm³/mol. The molecule has 2 heteroatoms. The lowest BCUT2D eigenvalue weighted by molar-refractivity contribution is 0.352. The standard InChI is InChI=1S/C18H28BrN/c1-2-20-17(13-15-9-5-3-4-6-10-15)14-16-11-7-8-12-18(16)19/h7-8,11-12,15,17,20H,2-6,9-10,13-14H2,1H3. The van der Waals surface area contributed by atoms with Crippen LogP contribution in [0.2, 0.25) is 0 Å². The van der Waals surface area contributed by atoms with Crippen molar-refractivity contribution in [3.05, 3.63) is 34.3 Å². The van der Waals surface area contributed by atoms with Crippen LogP contribution in [0.5, 0.6) is 0 Å². The first kappa shape index (κ1) is 16.0. The maximum atomic E-state index is 3.71. The largest absolute Gasteiger partial charge is 0.314 e. The van der Waals surface area contributed by atoms with E-state index < -0.39 is 0 Å². The second-order valence-corrected chi connectivity index (χ2v) is 7.00.